The molecule has 0 radical (unpaired) electrons. The van der Waals surface area contributed by atoms with Crippen LogP contribution in [0.25, 0.3) is 10.9 Å². The summed E-state index contributed by atoms with van der Waals surface area (Å²) < 4.78 is 44.6. The number of hydrogen-bond donors (Lipinski definition) is 1. The zero-order chi connectivity index (χ0) is 23.6. The van der Waals surface area contributed by atoms with Crippen molar-refractivity contribution in [2.75, 3.05) is 27.4 Å². The van der Waals surface area contributed by atoms with Crippen LogP contribution in [0.4, 0.5) is 0 Å². The molecule has 3 aromatic rings. The Labute approximate surface area is 197 Å². The van der Waals surface area contributed by atoms with Crippen molar-refractivity contribution in [3.8, 4) is 11.5 Å². The molecular formula is C23H25ClN2O6S. The van der Waals surface area contributed by atoms with E-state index in [0.29, 0.717) is 39.6 Å². The van der Waals surface area contributed by atoms with E-state index in [-0.39, 0.29) is 29.6 Å². The normalized spacial score (nSPS) is 16.4. The van der Waals surface area contributed by atoms with E-state index < -0.39 is 10.0 Å². The molecule has 1 N–H and O–H groups in total. The fraction of sp³-hybridized carbons (Fsp3) is 0.348. The molecule has 10 heteroatoms. The second kappa shape index (κ2) is 9.72. The van der Waals surface area contributed by atoms with E-state index in [4.69, 9.17) is 25.8 Å². The van der Waals surface area contributed by atoms with Gasteiger partial charge in [0, 0.05) is 41.7 Å². The number of aromatic nitrogens is 1. The van der Waals surface area contributed by atoms with E-state index in [0.717, 1.165) is 12.8 Å². The Morgan fingerprint density at radius 2 is 1.82 bits per heavy atom. The molecule has 4 rings (SSSR count). The maximum atomic E-state index is 13.5. The number of fused-ring (bicyclic) bond motifs is 1. The van der Waals surface area contributed by atoms with E-state index >= 15 is 0 Å². The van der Waals surface area contributed by atoms with Gasteiger partial charge in [0.1, 0.15) is 0 Å². The molecule has 0 aliphatic carbocycles. The van der Waals surface area contributed by atoms with Crippen molar-refractivity contribution in [1.29, 1.82) is 0 Å². The molecule has 1 aliphatic heterocycles. The Morgan fingerprint density at radius 3 is 2.45 bits per heavy atom. The molecule has 0 spiro atoms. The van der Waals surface area contributed by atoms with Crippen molar-refractivity contribution < 1.29 is 22.6 Å². The molecular weight excluding hydrogens is 468 g/mol. The summed E-state index contributed by atoms with van der Waals surface area (Å²) in [5.41, 5.74) is 0.497. The number of aromatic amines is 1. The molecule has 33 heavy (non-hydrogen) atoms. The molecule has 1 fully saturated rings. The molecule has 1 aromatic heterocycles. The highest BCUT2D eigenvalue weighted by molar-refractivity contribution is 7.89. The minimum absolute atomic E-state index is 0.105. The third-order valence-corrected chi connectivity index (χ3v) is 7.73. The average Bonchev–Trinajstić information content (AvgIpc) is 3.31. The molecule has 0 saturated carbocycles. The number of hydrogen-bond acceptors (Lipinski definition) is 6. The van der Waals surface area contributed by atoms with Gasteiger partial charge in [-0.3, -0.25) is 4.79 Å². The van der Waals surface area contributed by atoms with Crippen LogP contribution >= 0.6 is 11.6 Å². The second-order valence-corrected chi connectivity index (χ2v) is 10.2. The topological polar surface area (TPSA) is 97.9 Å². The zero-order valence-corrected chi connectivity index (χ0v) is 19.9. The average molecular weight is 493 g/mol. The van der Waals surface area contributed by atoms with Crippen LogP contribution in [0.3, 0.4) is 0 Å². The Balaban J connectivity index is 1.74. The Morgan fingerprint density at radius 1 is 1.12 bits per heavy atom. The minimum atomic E-state index is -3.90. The number of ether oxygens (including phenoxy) is 3. The highest BCUT2D eigenvalue weighted by Crippen LogP contribution is 2.31. The Bertz CT molecular complexity index is 1300. The third-order valence-electron chi connectivity index (χ3n) is 5.65. The van der Waals surface area contributed by atoms with Gasteiger partial charge in [0.25, 0.3) is 5.56 Å². The number of H-pyrrole nitrogens is 1. The predicted octanol–water partition coefficient (Wildman–Crippen LogP) is 3.57. The lowest BCUT2D eigenvalue weighted by atomic mass is 10.1. The molecule has 1 aliphatic rings. The van der Waals surface area contributed by atoms with Gasteiger partial charge in [0.05, 0.1) is 30.7 Å². The number of sulfonamides is 1. The fourth-order valence-corrected chi connectivity index (χ4v) is 5.48. The van der Waals surface area contributed by atoms with Gasteiger partial charge in [-0.15, -0.1) is 0 Å². The largest absolute Gasteiger partial charge is 0.493 e. The quantitative estimate of drug-likeness (QED) is 0.516. The van der Waals surface area contributed by atoms with Gasteiger partial charge in [-0.2, -0.15) is 4.31 Å². The highest BCUT2D eigenvalue weighted by atomic mass is 35.5. The van der Waals surface area contributed by atoms with Gasteiger partial charge < -0.3 is 19.2 Å². The second-order valence-electron chi connectivity index (χ2n) is 7.80. The molecule has 2 aromatic carbocycles. The van der Waals surface area contributed by atoms with Crippen molar-refractivity contribution in [1.82, 2.24) is 9.29 Å². The van der Waals surface area contributed by atoms with Gasteiger partial charge in [0.15, 0.2) is 11.5 Å². The minimum Gasteiger partial charge on any atom is -0.493 e. The lowest BCUT2D eigenvalue weighted by Gasteiger charge is -2.25. The number of benzene rings is 2. The van der Waals surface area contributed by atoms with E-state index in [1.165, 1.54) is 42.8 Å². The number of nitrogens with one attached hydrogen (secondary N) is 1. The Kier molecular flexibility index (Phi) is 6.94. The van der Waals surface area contributed by atoms with Crippen LogP contribution in [0.15, 0.2) is 52.2 Å². The molecule has 0 unspecified atom stereocenters. The maximum Gasteiger partial charge on any atom is 0.252 e. The maximum absolute atomic E-state index is 13.5. The van der Waals surface area contributed by atoms with Crippen LogP contribution in [0.1, 0.15) is 18.4 Å². The summed E-state index contributed by atoms with van der Waals surface area (Å²) in [7, 11) is -0.859. The first-order valence-corrected chi connectivity index (χ1v) is 12.3. The first-order valence-electron chi connectivity index (χ1n) is 10.5. The summed E-state index contributed by atoms with van der Waals surface area (Å²) in [4.78, 5) is 15.8. The van der Waals surface area contributed by atoms with Crippen LogP contribution in [0.2, 0.25) is 5.02 Å². The van der Waals surface area contributed by atoms with Crippen molar-refractivity contribution in [3.05, 3.63) is 63.4 Å². The number of halogens is 1. The van der Waals surface area contributed by atoms with E-state index in [2.05, 4.69) is 4.98 Å². The third kappa shape index (κ3) is 5.01. The predicted molar refractivity (Wildman–Crippen MR) is 126 cm³/mol. The monoisotopic (exact) mass is 492 g/mol. The zero-order valence-electron chi connectivity index (χ0n) is 18.3. The summed E-state index contributed by atoms with van der Waals surface area (Å²) in [6, 6.07) is 11.1. The first kappa shape index (κ1) is 23.6. The van der Waals surface area contributed by atoms with Gasteiger partial charge in [0.2, 0.25) is 10.0 Å². The van der Waals surface area contributed by atoms with Crippen molar-refractivity contribution in [2.24, 2.45) is 0 Å². The molecule has 176 valence electrons. The van der Waals surface area contributed by atoms with Crippen molar-refractivity contribution >= 4 is 32.5 Å². The molecule has 1 saturated heterocycles. The van der Waals surface area contributed by atoms with Crippen molar-refractivity contribution in [3.63, 3.8) is 0 Å². The standard InChI is InChI=1S/C23H25ClN2O6S/c1-30-21-11-15-10-16(23(27)25-20(15)12-22(21)31-2)13-26(14-18-4-3-9-32-18)33(28,29)19-7-5-17(24)6-8-19/h5-8,10-12,18H,3-4,9,13-14H2,1-2H3,(H,25,27)/t18-/m1/s1. The lowest BCUT2D eigenvalue weighted by Crippen LogP contribution is -2.38. The van der Waals surface area contributed by atoms with Crippen molar-refractivity contribution in [2.45, 2.75) is 30.4 Å². The SMILES string of the molecule is COc1cc2cc(CN(C[C@H]3CCCO3)S(=O)(=O)c3ccc(Cl)cc3)c(=O)[nH]c2cc1OC. The molecule has 0 bridgehead atoms. The number of methoxy groups -OCH3 is 2. The summed E-state index contributed by atoms with van der Waals surface area (Å²) in [6.07, 6.45) is 1.41. The summed E-state index contributed by atoms with van der Waals surface area (Å²) in [6.45, 7) is 0.635. The summed E-state index contributed by atoms with van der Waals surface area (Å²) in [5, 5.41) is 1.14. The van der Waals surface area contributed by atoms with E-state index in [1.54, 1.807) is 18.2 Å². The highest BCUT2D eigenvalue weighted by Gasteiger charge is 2.30. The first-order chi connectivity index (χ1) is 15.8. The van der Waals surface area contributed by atoms with Crippen LogP contribution in [-0.4, -0.2) is 51.2 Å². The molecule has 2 heterocycles. The smallest absolute Gasteiger partial charge is 0.252 e. The molecule has 1 atom stereocenters. The van der Waals surface area contributed by atoms with Gasteiger partial charge >= 0.3 is 0 Å². The fourth-order valence-electron chi connectivity index (χ4n) is 3.90. The Hall–Kier alpha value is -2.59. The van der Waals surface area contributed by atoms with Crippen LogP contribution in [0.5, 0.6) is 11.5 Å². The van der Waals surface area contributed by atoms with E-state index in [9.17, 15) is 13.2 Å². The number of pyridine rings is 1. The van der Waals surface area contributed by atoms with Gasteiger partial charge in [-0.25, -0.2) is 8.42 Å². The lowest BCUT2D eigenvalue weighted by molar-refractivity contribution is 0.0925. The molecule has 8 nitrogen and oxygen atoms in total. The van der Waals surface area contributed by atoms with Gasteiger partial charge in [-0.1, -0.05) is 11.6 Å². The number of rotatable bonds is 8. The molecule has 0 amide bonds. The van der Waals surface area contributed by atoms with Crippen LogP contribution < -0.4 is 15.0 Å². The van der Waals surface area contributed by atoms with Crippen LogP contribution in [-0.2, 0) is 21.3 Å². The van der Waals surface area contributed by atoms with E-state index in [1.807, 2.05) is 0 Å². The summed E-state index contributed by atoms with van der Waals surface area (Å²) in [5.74, 6) is 0.992. The van der Waals surface area contributed by atoms with Gasteiger partial charge in [-0.05, 0) is 49.2 Å². The summed E-state index contributed by atoms with van der Waals surface area (Å²) >= 11 is 5.94. The number of nitrogens with zero attached hydrogens (tertiary/aromatic N) is 1. The van der Waals surface area contributed by atoms with Crippen LogP contribution in [0, 0.1) is 0 Å².